The molecule has 2 unspecified atom stereocenters. The van der Waals surface area contributed by atoms with Gasteiger partial charge in [-0.3, -0.25) is 9.59 Å². The maximum absolute atomic E-state index is 12.4. The molecule has 152 valence electrons. The lowest BCUT2D eigenvalue weighted by Gasteiger charge is -2.30. The third kappa shape index (κ3) is 4.88. The molecule has 0 saturated carbocycles. The van der Waals surface area contributed by atoms with Crippen molar-refractivity contribution in [3.8, 4) is 11.5 Å². The molecule has 2 amide bonds. The molecule has 0 aromatic heterocycles. The van der Waals surface area contributed by atoms with E-state index in [0.717, 1.165) is 18.6 Å². The van der Waals surface area contributed by atoms with E-state index in [1.54, 1.807) is 0 Å². The highest BCUT2D eigenvalue weighted by Gasteiger charge is 2.37. The molecule has 6 heteroatoms. The van der Waals surface area contributed by atoms with Gasteiger partial charge in [0.05, 0.1) is 6.54 Å². The topological polar surface area (TPSA) is 76.7 Å². The van der Waals surface area contributed by atoms with Crippen LogP contribution < -0.4 is 20.1 Å². The van der Waals surface area contributed by atoms with Gasteiger partial charge in [0.2, 0.25) is 11.8 Å². The number of amides is 2. The largest absolute Gasteiger partial charge is 0.486 e. The minimum Gasteiger partial charge on any atom is -0.486 e. The van der Waals surface area contributed by atoms with Crippen LogP contribution in [0.25, 0.3) is 0 Å². The van der Waals surface area contributed by atoms with Crippen molar-refractivity contribution in [1.82, 2.24) is 10.6 Å². The zero-order valence-electron chi connectivity index (χ0n) is 16.4. The second kappa shape index (κ2) is 8.55. The number of hydrogen-bond acceptors (Lipinski definition) is 4. The predicted octanol–water partition coefficient (Wildman–Crippen LogP) is 2.61. The second-order valence-corrected chi connectivity index (χ2v) is 7.79. The Bertz CT molecular complexity index is 870. The van der Waals surface area contributed by atoms with Crippen molar-refractivity contribution in [3.05, 3.63) is 60.2 Å². The van der Waals surface area contributed by atoms with Gasteiger partial charge in [0, 0.05) is 18.4 Å². The average Bonchev–Trinajstić information content (AvgIpc) is 3.12. The van der Waals surface area contributed by atoms with E-state index in [-0.39, 0.29) is 23.5 Å². The molecule has 2 aromatic rings. The van der Waals surface area contributed by atoms with E-state index in [2.05, 4.69) is 22.8 Å². The molecule has 2 aromatic carbocycles. The maximum Gasteiger partial charge on any atom is 0.220 e. The second-order valence-electron chi connectivity index (χ2n) is 7.79. The first-order valence-electron chi connectivity index (χ1n) is 10.1. The smallest absolute Gasteiger partial charge is 0.220 e. The Morgan fingerprint density at radius 1 is 1.10 bits per heavy atom. The zero-order chi connectivity index (χ0) is 20.1. The fourth-order valence-corrected chi connectivity index (χ4v) is 4.00. The molecule has 0 radical (unpaired) electrons. The van der Waals surface area contributed by atoms with Crippen LogP contribution in [0.1, 0.15) is 31.2 Å². The van der Waals surface area contributed by atoms with Crippen molar-refractivity contribution in [1.29, 1.82) is 0 Å². The standard InChI is InChI=1S/C23H26N2O4/c26-21(24-15-18-16-28-19-8-4-5-9-20(19)29-18)10-12-23(13-11-22(27)25-23)14-17-6-2-1-3-7-17/h1-9,18H,10-16H2,(H,24,26)(H,25,27). The monoisotopic (exact) mass is 394 g/mol. The van der Waals surface area contributed by atoms with Gasteiger partial charge in [0.1, 0.15) is 12.7 Å². The van der Waals surface area contributed by atoms with Crippen LogP contribution in [0, 0.1) is 0 Å². The number of para-hydroxylation sites is 2. The van der Waals surface area contributed by atoms with Crippen LogP contribution in [0.2, 0.25) is 0 Å². The molecule has 2 heterocycles. The Morgan fingerprint density at radius 2 is 1.86 bits per heavy atom. The molecule has 0 aliphatic carbocycles. The number of nitrogens with one attached hydrogen (secondary N) is 2. The van der Waals surface area contributed by atoms with Crippen molar-refractivity contribution < 1.29 is 19.1 Å². The summed E-state index contributed by atoms with van der Waals surface area (Å²) in [4.78, 5) is 24.3. The number of hydrogen-bond donors (Lipinski definition) is 2. The minimum absolute atomic E-state index is 0.0407. The molecule has 1 saturated heterocycles. The van der Waals surface area contributed by atoms with Gasteiger partial charge in [0.15, 0.2) is 11.5 Å². The van der Waals surface area contributed by atoms with Gasteiger partial charge in [-0.15, -0.1) is 0 Å². The van der Waals surface area contributed by atoms with Crippen molar-refractivity contribution in [2.24, 2.45) is 0 Å². The van der Waals surface area contributed by atoms with Crippen LogP contribution in [-0.4, -0.2) is 36.6 Å². The van der Waals surface area contributed by atoms with E-state index in [9.17, 15) is 9.59 Å². The molecule has 0 bridgehead atoms. The molecule has 4 rings (SSSR count). The highest BCUT2D eigenvalue weighted by molar-refractivity contribution is 5.80. The van der Waals surface area contributed by atoms with Gasteiger partial charge in [-0.25, -0.2) is 0 Å². The summed E-state index contributed by atoms with van der Waals surface area (Å²) in [6.07, 6.45) is 2.77. The van der Waals surface area contributed by atoms with Crippen molar-refractivity contribution in [2.45, 2.75) is 43.7 Å². The van der Waals surface area contributed by atoms with Gasteiger partial charge < -0.3 is 20.1 Å². The quantitative estimate of drug-likeness (QED) is 0.757. The number of ether oxygens (including phenoxy) is 2. The number of carbonyl (C=O) groups is 2. The summed E-state index contributed by atoms with van der Waals surface area (Å²) < 4.78 is 11.6. The maximum atomic E-state index is 12.4. The number of benzene rings is 2. The lowest BCUT2D eigenvalue weighted by molar-refractivity contribution is -0.123. The Morgan fingerprint density at radius 3 is 2.62 bits per heavy atom. The minimum atomic E-state index is -0.348. The van der Waals surface area contributed by atoms with E-state index in [1.165, 1.54) is 5.56 Å². The predicted molar refractivity (Wildman–Crippen MR) is 109 cm³/mol. The zero-order valence-corrected chi connectivity index (χ0v) is 16.4. The summed E-state index contributed by atoms with van der Waals surface area (Å²) in [7, 11) is 0. The van der Waals surface area contributed by atoms with E-state index in [0.29, 0.717) is 38.2 Å². The van der Waals surface area contributed by atoms with Crippen LogP contribution in [-0.2, 0) is 16.0 Å². The first-order chi connectivity index (χ1) is 14.1. The van der Waals surface area contributed by atoms with Crippen LogP contribution in [0.3, 0.4) is 0 Å². The van der Waals surface area contributed by atoms with E-state index in [4.69, 9.17) is 9.47 Å². The van der Waals surface area contributed by atoms with Gasteiger partial charge in [-0.2, -0.15) is 0 Å². The van der Waals surface area contributed by atoms with Gasteiger partial charge in [-0.1, -0.05) is 42.5 Å². The number of rotatable bonds is 7. The summed E-state index contributed by atoms with van der Waals surface area (Å²) in [5, 5.41) is 6.07. The lowest BCUT2D eigenvalue weighted by Crippen LogP contribution is -2.45. The summed E-state index contributed by atoms with van der Waals surface area (Å²) in [5.74, 6) is 1.46. The van der Waals surface area contributed by atoms with E-state index >= 15 is 0 Å². The van der Waals surface area contributed by atoms with Gasteiger partial charge >= 0.3 is 0 Å². The molecular formula is C23H26N2O4. The summed E-state index contributed by atoms with van der Waals surface area (Å²) >= 11 is 0. The third-order valence-electron chi connectivity index (χ3n) is 5.55. The molecular weight excluding hydrogens is 368 g/mol. The first kappa shape index (κ1) is 19.3. The third-order valence-corrected chi connectivity index (χ3v) is 5.55. The average molecular weight is 394 g/mol. The molecule has 2 aliphatic rings. The fraction of sp³-hybridized carbons (Fsp3) is 0.391. The summed E-state index contributed by atoms with van der Waals surface area (Å²) in [6, 6.07) is 17.6. The van der Waals surface area contributed by atoms with Crippen molar-refractivity contribution >= 4 is 11.8 Å². The Kier molecular flexibility index (Phi) is 5.69. The number of carbonyl (C=O) groups excluding carboxylic acids is 2. The molecule has 0 spiro atoms. The highest BCUT2D eigenvalue weighted by Crippen LogP contribution is 2.31. The fourth-order valence-electron chi connectivity index (χ4n) is 4.00. The Hall–Kier alpha value is -3.02. The summed E-state index contributed by atoms with van der Waals surface area (Å²) in [6.45, 7) is 0.802. The molecule has 29 heavy (non-hydrogen) atoms. The van der Waals surface area contributed by atoms with Crippen molar-refractivity contribution in [2.75, 3.05) is 13.2 Å². The molecule has 6 nitrogen and oxygen atoms in total. The summed E-state index contributed by atoms with van der Waals surface area (Å²) in [5.41, 5.74) is 0.820. The molecule has 2 aliphatic heterocycles. The highest BCUT2D eigenvalue weighted by atomic mass is 16.6. The number of fused-ring (bicyclic) bond motifs is 1. The molecule has 2 N–H and O–H groups in total. The normalized spacial score (nSPS) is 22.8. The molecule has 2 atom stereocenters. The molecule has 1 fully saturated rings. The van der Waals surface area contributed by atoms with Crippen LogP contribution in [0.5, 0.6) is 11.5 Å². The van der Waals surface area contributed by atoms with Crippen LogP contribution >= 0.6 is 0 Å². The Balaban J connectivity index is 1.28. The van der Waals surface area contributed by atoms with E-state index in [1.807, 2.05) is 42.5 Å². The Labute approximate surface area is 170 Å². The van der Waals surface area contributed by atoms with Crippen LogP contribution in [0.4, 0.5) is 0 Å². The first-order valence-corrected chi connectivity index (χ1v) is 10.1. The van der Waals surface area contributed by atoms with Gasteiger partial charge in [0.25, 0.3) is 0 Å². The lowest BCUT2D eigenvalue weighted by atomic mass is 9.85. The van der Waals surface area contributed by atoms with Gasteiger partial charge in [-0.05, 0) is 37.0 Å². The van der Waals surface area contributed by atoms with Crippen LogP contribution in [0.15, 0.2) is 54.6 Å². The van der Waals surface area contributed by atoms with Crippen molar-refractivity contribution in [3.63, 3.8) is 0 Å². The SMILES string of the molecule is O=C(CCC1(Cc2ccccc2)CCC(=O)N1)NCC1COc2ccccc2O1. The van der Waals surface area contributed by atoms with E-state index < -0.39 is 0 Å².